The third-order valence-corrected chi connectivity index (χ3v) is 3.30. The van der Waals surface area contributed by atoms with Crippen molar-refractivity contribution in [3.05, 3.63) is 27.7 Å². The molecule has 0 radical (unpaired) electrons. The average Bonchev–Trinajstić information content (AvgIpc) is 2.27. The lowest BCUT2D eigenvalue weighted by molar-refractivity contribution is 0.248. The Hall–Kier alpha value is -0.530. The Bertz CT molecular complexity index is 412. The smallest absolute Gasteiger partial charge is 0.184 e. The number of alkyl halides is 1. The van der Waals surface area contributed by atoms with Crippen molar-refractivity contribution in [3.8, 4) is 11.8 Å². The molecule has 0 spiro atoms. The van der Waals surface area contributed by atoms with Gasteiger partial charge in [-0.15, -0.1) is 0 Å². The molecule has 0 aliphatic heterocycles. The second-order valence-corrected chi connectivity index (χ2v) is 4.96. The van der Waals surface area contributed by atoms with Gasteiger partial charge in [-0.2, -0.15) is 5.26 Å². The largest absolute Gasteiger partial charge is 0.475 e. The third kappa shape index (κ3) is 3.23. The topological polar surface area (TPSA) is 33.0 Å². The molecule has 1 atom stereocenters. The van der Waals surface area contributed by atoms with Crippen LogP contribution in [-0.2, 0) is 5.33 Å². The highest BCUT2D eigenvalue weighted by molar-refractivity contribution is 9.10. The molecule has 0 saturated carbocycles. The summed E-state index contributed by atoms with van der Waals surface area (Å²) >= 11 is 6.87. The molecular weight excluding hydrogens is 334 g/mol. The van der Waals surface area contributed by atoms with Gasteiger partial charge in [0.05, 0.1) is 0 Å². The van der Waals surface area contributed by atoms with Crippen LogP contribution >= 0.6 is 31.9 Å². The molecule has 0 amide bonds. The van der Waals surface area contributed by atoms with Gasteiger partial charge in [-0.3, -0.25) is 0 Å². The molecule has 1 aromatic carbocycles. The first-order valence-corrected chi connectivity index (χ1v) is 6.95. The van der Waals surface area contributed by atoms with Gasteiger partial charge in [0.2, 0.25) is 0 Å². The van der Waals surface area contributed by atoms with Crippen molar-refractivity contribution in [1.29, 1.82) is 5.26 Å². The van der Waals surface area contributed by atoms with Crippen LogP contribution in [0.5, 0.6) is 5.75 Å². The summed E-state index contributed by atoms with van der Waals surface area (Å²) in [6.45, 7) is 3.92. The van der Waals surface area contributed by atoms with Gasteiger partial charge >= 0.3 is 0 Å². The predicted octanol–water partition coefficient (Wildman–Crippen LogP) is 4.33. The lowest BCUT2D eigenvalue weighted by atomic mass is 10.1. The molecule has 0 aliphatic carbocycles. The van der Waals surface area contributed by atoms with Gasteiger partial charge in [-0.1, -0.05) is 38.8 Å². The van der Waals surface area contributed by atoms with E-state index in [0.29, 0.717) is 11.8 Å². The first-order chi connectivity index (χ1) is 7.62. The first-order valence-electron chi connectivity index (χ1n) is 5.03. The minimum atomic E-state index is -0.377. The number of halogens is 2. The quantitative estimate of drug-likeness (QED) is 0.760. The standard InChI is InChI=1S/C12H13Br2NO/c1-3-11(7-15)16-12-8(2)4-10(14)5-9(12)6-13/h4-5,11H,3,6H2,1-2H3. The van der Waals surface area contributed by atoms with Crippen molar-refractivity contribution >= 4 is 31.9 Å². The van der Waals surface area contributed by atoms with Gasteiger partial charge in [-0.05, 0) is 31.0 Å². The molecule has 0 aliphatic rings. The number of nitrogens with zero attached hydrogens (tertiary/aromatic N) is 1. The van der Waals surface area contributed by atoms with Crippen LogP contribution in [-0.4, -0.2) is 6.10 Å². The molecule has 16 heavy (non-hydrogen) atoms. The van der Waals surface area contributed by atoms with Gasteiger partial charge in [0, 0.05) is 15.4 Å². The fourth-order valence-corrected chi connectivity index (χ4v) is 2.45. The van der Waals surface area contributed by atoms with Crippen molar-refractivity contribution in [2.24, 2.45) is 0 Å². The van der Waals surface area contributed by atoms with Crippen LogP contribution in [0.1, 0.15) is 24.5 Å². The maximum absolute atomic E-state index is 8.90. The summed E-state index contributed by atoms with van der Waals surface area (Å²) in [5, 5.41) is 9.61. The van der Waals surface area contributed by atoms with E-state index in [2.05, 4.69) is 37.9 Å². The molecule has 0 bridgehead atoms. The molecule has 1 unspecified atom stereocenters. The van der Waals surface area contributed by atoms with Crippen molar-refractivity contribution in [3.63, 3.8) is 0 Å². The highest BCUT2D eigenvalue weighted by atomic mass is 79.9. The lowest BCUT2D eigenvalue weighted by Gasteiger charge is -2.16. The van der Waals surface area contributed by atoms with E-state index >= 15 is 0 Å². The second-order valence-electron chi connectivity index (χ2n) is 3.49. The van der Waals surface area contributed by atoms with Crippen molar-refractivity contribution < 1.29 is 4.74 Å². The molecule has 4 heteroatoms. The Labute approximate surface area is 113 Å². The molecule has 2 nitrogen and oxygen atoms in total. The van der Waals surface area contributed by atoms with Crippen LogP contribution < -0.4 is 4.74 Å². The van der Waals surface area contributed by atoms with Crippen LogP contribution in [0.3, 0.4) is 0 Å². The normalized spacial score (nSPS) is 11.9. The summed E-state index contributed by atoms with van der Waals surface area (Å²) in [4.78, 5) is 0. The van der Waals surface area contributed by atoms with Gasteiger partial charge in [0.25, 0.3) is 0 Å². The highest BCUT2D eigenvalue weighted by Crippen LogP contribution is 2.30. The molecule has 0 aromatic heterocycles. The number of rotatable bonds is 4. The second kappa shape index (κ2) is 6.27. The van der Waals surface area contributed by atoms with Crippen molar-refractivity contribution in [2.75, 3.05) is 0 Å². The third-order valence-electron chi connectivity index (χ3n) is 2.24. The van der Waals surface area contributed by atoms with Crippen molar-refractivity contribution in [1.82, 2.24) is 0 Å². The Morgan fingerprint density at radius 2 is 2.19 bits per heavy atom. The van der Waals surface area contributed by atoms with E-state index in [1.807, 2.05) is 26.0 Å². The van der Waals surface area contributed by atoms with Crippen LogP contribution in [0.25, 0.3) is 0 Å². The SMILES string of the molecule is CCC(C#N)Oc1c(C)cc(Br)cc1CBr. The van der Waals surface area contributed by atoms with Gasteiger partial charge in [0.15, 0.2) is 6.10 Å². The average molecular weight is 347 g/mol. The molecule has 1 aromatic rings. The van der Waals surface area contributed by atoms with E-state index in [-0.39, 0.29) is 6.10 Å². The highest BCUT2D eigenvalue weighted by Gasteiger charge is 2.13. The summed E-state index contributed by atoms with van der Waals surface area (Å²) in [6, 6.07) is 6.14. The van der Waals surface area contributed by atoms with Crippen LogP contribution in [0, 0.1) is 18.3 Å². The number of hydrogen-bond donors (Lipinski definition) is 0. The monoisotopic (exact) mass is 345 g/mol. The van der Waals surface area contributed by atoms with E-state index in [1.165, 1.54) is 0 Å². The van der Waals surface area contributed by atoms with E-state index in [1.54, 1.807) is 0 Å². The van der Waals surface area contributed by atoms with E-state index in [9.17, 15) is 0 Å². The summed E-state index contributed by atoms with van der Waals surface area (Å²) in [5.41, 5.74) is 2.10. The number of ether oxygens (including phenoxy) is 1. The van der Waals surface area contributed by atoms with E-state index < -0.39 is 0 Å². The molecule has 1 rings (SSSR count). The molecule has 0 fully saturated rings. The summed E-state index contributed by atoms with van der Waals surface area (Å²) in [7, 11) is 0. The summed E-state index contributed by atoms with van der Waals surface area (Å²) in [6.07, 6.45) is 0.311. The van der Waals surface area contributed by atoms with E-state index in [4.69, 9.17) is 10.00 Å². The van der Waals surface area contributed by atoms with Crippen LogP contribution in [0.2, 0.25) is 0 Å². The Morgan fingerprint density at radius 1 is 1.50 bits per heavy atom. The zero-order chi connectivity index (χ0) is 12.1. The minimum Gasteiger partial charge on any atom is -0.475 e. The fraction of sp³-hybridized carbons (Fsp3) is 0.417. The maximum atomic E-state index is 8.90. The minimum absolute atomic E-state index is 0.377. The Balaban J connectivity index is 3.07. The fourth-order valence-electron chi connectivity index (χ4n) is 1.41. The molecular formula is C12H13Br2NO. The first kappa shape index (κ1) is 13.5. The Morgan fingerprint density at radius 3 is 2.69 bits per heavy atom. The summed E-state index contributed by atoms with van der Waals surface area (Å²) < 4.78 is 6.73. The lowest BCUT2D eigenvalue weighted by Crippen LogP contribution is -2.14. The van der Waals surface area contributed by atoms with E-state index in [0.717, 1.165) is 21.3 Å². The van der Waals surface area contributed by atoms with Gasteiger partial charge < -0.3 is 4.74 Å². The maximum Gasteiger partial charge on any atom is 0.184 e. The molecule has 0 saturated heterocycles. The van der Waals surface area contributed by atoms with Crippen LogP contribution in [0.4, 0.5) is 0 Å². The van der Waals surface area contributed by atoms with Gasteiger partial charge in [-0.25, -0.2) is 0 Å². The molecule has 0 heterocycles. The van der Waals surface area contributed by atoms with Crippen molar-refractivity contribution in [2.45, 2.75) is 31.7 Å². The van der Waals surface area contributed by atoms with Crippen LogP contribution in [0.15, 0.2) is 16.6 Å². The Kier molecular flexibility index (Phi) is 5.30. The predicted molar refractivity (Wildman–Crippen MR) is 71.8 cm³/mol. The number of hydrogen-bond acceptors (Lipinski definition) is 2. The zero-order valence-electron chi connectivity index (χ0n) is 9.26. The van der Waals surface area contributed by atoms with Gasteiger partial charge in [0.1, 0.15) is 11.8 Å². The summed E-state index contributed by atoms with van der Waals surface area (Å²) in [5.74, 6) is 0.813. The molecule has 86 valence electrons. The number of nitriles is 1. The zero-order valence-corrected chi connectivity index (χ0v) is 12.4. The number of aryl methyl sites for hydroxylation is 1. The number of benzene rings is 1. The molecule has 0 N–H and O–H groups in total.